The van der Waals surface area contributed by atoms with Gasteiger partial charge in [-0.15, -0.1) is 26.3 Å². The third-order valence-corrected chi connectivity index (χ3v) is 12.8. The Hall–Kier alpha value is -6.57. The van der Waals surface area contributed by atoms with Gasteiger partial charge in [0, 0.05) is 70.5 Å². The molecule has 0 aromatic heterocycles. The third-order valence-electron chi connectivity index (χ3n) is 12.8. The number of carbonyl (C=O) groups is 7. The van der Waals surface area contributed by atoms with E-state index >= 15 is 0 Å². The summed E-state index contributed by atoms with van der Waals surface area (Å²) in [5, 5.41) is 26.6. The number of esters is 3. The molecule has 2 aliphatic heterocycles. The van der Waals surface area contributed by atoms with Crippen molar-refractivity contribution >= 4 is 47.5 Å². The van der Waals surface area contributed by atoms with Gasteiger partial charge in [-0.3, -0.25) is 19.7 Å². The number of carbonyl (C=O) groups excluding carboxylic acids is 7. The maximum Gasteiger partial charge on any atom is 0.338 e. The summed E-state index contributed by atoms with van der Waals surface area (Å²) in [5.74, 6) is -3.30. The smallest absolute Gasteiger partial charge is 0.338 e. The Bertz CT molecular complexity index is 2080. The number of aliphatic hydroxyl groups excluding tert-OH is 1. The van der Waals surface area contributed by atoms with E-state index in [9.17, 15) is 48.8 Å². The van der Waals surface area contributed by atoms with Crippen molar-refractivity contribution in [1.29, 1.82) is 0 Å². The lowest BCUT2D eigenvalue weighted by molar-refractivity contribution is -0.384. The largest absolute Gasteiger partial charge is 0.464 e. The standard InChI is InChI=1S/C28H36N4O8.C21H33N3O5/c1-5-8-9-10-15-30(4)27(36)31-18-22(40-25(34)19-11-13-21(14-12-19)32(37)38)16-23(31)24(33)29-28(17-20(28)6-2)26(35)39-7-3;1-5-8-9-10-11-23(4)20(28)24-14-16(25)12-17(24)18(26)22-21(13-15(21)6-2)19(27)29-7-3/h5-6,11-14,20,22-23H,1-2,7-10,15-18H2,3-4H3,(H,29,33);5-6,15-17,25H,1-2,7-14H2,3-4H3,(H,22,26)/t20-,22+,23+,28-;15-,16+,17+,21-/m11/s1. The Morgan fingerprint density at radius 2 is 1.20 bits per heavy atom. The molecule has 2 saturated carbocycles. The van der Waals surface area contributed by atoms with Crippen LogP contribution >= 0.6 is 0 Å². The molecule has 0 unspecified atom stereocenters. The molecule has 3 N–H and O–H groups in total. The average molecular weight is 964 g/mol. The summed E-state index contributed by atoms with van der Waals surface area (Å²) in [7, 11) is 3.32. The molecule has 20 nitrogen and oxygen atoms in total. The van der Waals surface area contributed by atoms with Crippen LogP contribution in [0.25, 0.3) is 0 Å². The molecule has 5 rings (SSSR count). The number of aliphatic hydroxyl groups is 1. The lowest BCUT2D eigenvalue weighted by atomic mass is 10.1. The van der Waals surface area contributed by atoms with Crippen LogP contribution in [0.4, 0.5) is 15.3 Å². The number of β-amino-alcohol motifs (C(OH)–C–C–N with tert-alkyl or cyclic N) is 1. The molecule has 1 aromatic carbocycles. The van der Waals surface area contributed by atoms with Gasteiger partial charge in [0.05, 0.1) is 36.3 Å². The van der Waals surface area contributed by atoms with E-state index in [4.69, 9.17) is 14.2 Å². The second-order valence-corrected chi connectivity index (χ2v) is 17.7. The molecule has 378 valence electrons. The van der Waals surface area contributed by atoms with Crippen LogP contribution in [-0.4, -0.2) is 160 Å². The molecule has 8 atom stereocenters. The van der Waals surface area contributed by atoms with Crippen molar-refractivity contribution in [2.75, 3.05) is 53.5 Å². The molecule has 0 bridgehead atoms. The molecule has 1 aromatic rings. The van der Waals surface area contributed by atoms with Gasteiger partial charge in [0.1, 0.15) is 29.3 Å². The number of amides is 6. The number of allylic oxidation sites excluding steroid dienone is 2. The highest BCUT2D eigenvalue weighted by Gasteiger charge is 2.63. The molecular formula is C49H69N7O13. The molecular weight excluding hydrogens is 895 g/mol. The predicted octanol–water partition coefficient (Wildman–Crippen LogP) is 4.68. The number of likely N-dealkylation sites (tertiary alicyclic amines) is 2. The van der Waals surface area contributed by atoms with Gasteiger partial charge in [0.2, 0.25) is 11.8 Å². The molecule has 2 heterocycles. The normalized spacial score (nSPS) is 25.1. The monoisotopic (exact) mass is 963 g/mol. The van der Waals surface area contributed by atoms with Crippen molar-refractivity contribution in [3.63, 3.8) is 0 Å². The number of urea groups is 2. The maximum absolute atomic E-state index is 13.5. The van der Waals surface area contributed by atoms with Gasteiger partial charge in [-0.25, -0.2) is 24.0 Å². The van der Waals surface area contributed by atoms with Crippen molar-refractivity contribution in [3.8, 4) is 0 Å². The van der Waals surface area contributed by atoms with E-state index in [2.05, 4.69) is 36.9 Å². The zero-order chi connectivity index (χ0) is 51.1. The van der Waals surface area contributed by atoms with Crippen molar-refractivity contribution in [2.24, 2.45) is 11.8 Å². The minimum atomic E-state index is -1.24. The zero-order valence-electron chi connectivity index (χ0n) is 40.3. The number of nitro benzene ring substituents is 1. The molecule has 0 radical (unpaired) electrons. The number of ether oxygens (including phenoxy) is 3. The van der Waals surface area contributed by atoms with Crippen molar-refractivity contribution in [3.05, 3.63) is 90.6 Å². The van der Waals surface area contributed by atoms with E-state index in [1.807, 2.05) is 6.08 Å². The molecule has 0 spiro atoms. The summed E-state index contributed by atoms with van der Waals surface area (Å²) >= 11 is 0. The Kier molecular flexibility index (Phi) is 20.1. The minimum absolute atomic E-state index is 0.0122. The SMILES string of the molecule is C=CCCCCN(C)C(=O)N1C[C@@H](O)C[C@H]1C(=O)N[C@]1(C(=O)OCC)C[C@H]1C=C.C=CCCCCN(C)C(=O)N1C[C@@H](OC(=O)c2ccc([N+](=O)[O-])cc2)C[C@H]1C(=O)N[C@]1(C(=O)OCC)C[C@H]1C=C. The Labute approximate surface area is 403 Å². The van der Waals surface area contributed by atoms with Gasteiger partial charge in [-0.1, -0.05) is 24.3 Å². The lowest BCUT2D eigenvalue weighted by Gasteiger charge is -2.30. The highest BCUT2D eigenvalue weighted by molar-refractivity contribution is 5.96. The summed E-state index contributed by atoms with van der Waals surface area (Å²) in [6.07, 6.45) is 11.2. The summed E-state index contributed by atoms with van der Waals surface area (Å²) in [4.78, 5) is 107. The second-order valence-electron chi connectivity index (χ2n) is 17.7. The number of hydrogen-bond acceptors (Lipinski definition) is 13. The topological polar surface area (TPSA) is 248 Å². The fraction of sp³-hybridized carbons (Fsp3) is 0.571. The van der Waals surface area contributed by atoms with Gasteiger partial charge in [-0.05, 0) is 77.3 Å². The number of nitrogens with one attached hydrogen (secondary N) is 2. The highest BCUT2D eigenvalue weighted by atomic mass is 16.6. The van der Waals surface area contributed by atoms with Crippen LogP contribution in [0.15, 0.2) is 74.9 Å². The molecule has 4 fully saturated rings. The Morgan fingerprint density at radius 3 is 1.61 bits per heavy atom. The number of non-ortho nitro benzene ring substituents is 1. The van der Waals surface area contributed by atoms with E-state index in [-0.39, 0.29) is 68.3 Å². The number of nitrogens with zero attached hydrogens (tertiary/aromatic N) is 5. The Balaban J connectivity index is 0.000000317. The van der Waals surface area contributed by atoms with Crippen LogP contribution in [0.1, 0.15) is 88.4 Å². The predicted molar refractivity (Wildman–Crippen MR) is 254 cm³/mol. The number of unbranched alkanes of at least 4 members (excludes halogenated alkanes) is 4. The van der Waals surface area contributed by atoms with Gasteiger partial charge < -0.3 is 49.6 Å². The van der Waals surface area contributed by atoms with E-state index in [1.165, 1.54) is 39.0 Å². The van der Waals surface area contributed by atoms with Crippen LogP contribution in [0, 0.1) is 22.0 Å². The van der Waals surface area contributed by atoms with E-state index in [0.29, 0.717) is 25.9 Å². The summed E-state index contributed by atoms with van der Waals surface area (Å²) in [5.41, 5.74) is -2.43. The first-order valence-electron chi connectivity index (χ1n) is 23.5. The molecule has 20 heteroatoms. The minimum Gasteiger partial charge on any atom is -0.464 e. The van der Waals surface area contributed by atoms with Crippen molar-refractivity contribution in [1.82, 2.24) is 30.2 Å². The fourth-order valence-electron chi connectivity index (χ4n) is 8.59. The first-order chi connectivity index (χ1) is 32.9. The van der Waals surface area contributed by atoms with Crippen molar-refractivity contribution < 1.29 is 57.8 Å². The average Bonchev–Trinajstić information content (AvgIpc) is 4.13. The van der Waals surface area contributed by atoms with Gasteiger partial charge in [-0.2, -0.15) is 0 Å². The quantitative estimate of drug-likeness (QED) is 0.0337. The van der Waals surface area contributed by atoms with E-state index in [1.54, 1.807) is 51.1 Å². The van der Waals surface area contributed by atoms with Gasteiger partial charge in [0.15, 0.2) is 0 Å². The second kappa shape index (κ2) is 25.2. The lowest BCUT2D eigenvalue weighted by Crippen LogP contribution is -2.55. The maximum atomic E-state index is 13.5. The number of benzene rings is 1. The Morgan fingerprint density at radius 1 is 0.754 bits per heavy atom. The van der Waals surface area contributed by atoms with Crippen LogP contribution in [0.5, 0.6) is 0 Å². The summed E-state index contributed by atoms with van der Waals surface area (Å²) in [6, 6.07) is 2.41. The molecule has 2 aliphatic carbocycles. The number of nitro groups is 1. The van der Waals surface area contributed by atoms with Gasteiger partial charge >= 0.3 is 30.0 Å². The summed E-state index contributed by atoms with van der Waals surface area (Å²) in [6.45, 7) is 19.6. The van der Waals surface area contributed by atoms with Crippen LogP contribution in [-0.2, 0) is 33.4 Å². The number of rotatable bonds is 23. The van der Waals surface area contributed by atoms with E-state index < -0.39 is 76.0 Å². The third kappa shape index (κ3) is 13.8. The van der Waals surface area contributed by atoms with Crippen LogP contribution in [0.2, 0.25) is 0 Å². The molecule has 2 saturated heterocycles. The van der Waals surface area contributed by atoms with Crippen LogP contribution < -0.4 is 10.6 Å². The first-order valence-corrected chi connectivity index (χ1v) is 23.5. The highest BCUT2D eigenvalue weighted by Crippen LogP contribution is 2.46. The number of hydrogen-bond donors (Lipinski definition) is 3. The fourth-order valence-corrected chi connectivity index (χ4v) is 8.59. The van der Waals surface area contributed by atoms with Crippen LogP contribution in [0.3, 0.4) is 0 Å². The van der Waals surface area contributed by atoms with Gasteiger partial charge in [0.25, 0.3) is 5.69 Å². The molecule has 69 heavy (non-hydrogen) atoms. The zero-order valence-corrected chi connectivity index (χ0v) is 40.3. The van der Waals surface area contributed by atoms with E-state index in [0.717, 1.165) is 38.5 Å². The molecule has 4 aliphatic rings. The first kappa shape index (κ1) is 55.0. The summed E-state index contributed by atoms with van der Waals surface area (Å²) < 4.78 is 15.9. The van der Waals surface area contributed by atoms with Crippen molar-refractivity contribution in [2.45, 2.75) is 113 Å². The molecule has 6 amide bonds.